The molecule has 1 heterocycles. The summed E-state index contributed by atoms with van der Waals surface area (Å²) in [5.41, 5.74) is 1.46. The minimum atomic E-state index is -2.98. The molecule has 0 unspecified atom stereocenters. The van der Waals surface area contributed by atoms with E-state index >= 15 is 0 Å². The van der Waals surface area contributed by atoms with Gasteiger partial charge >= 0.3 is 6.61 Å². The first kappa shape index (κ1) is 18.9. The SMILES string of the molecule is COc1cccc(/C=C/C(=O)N2CCC[C@H]2c2ccccc2)c1OC(F)F. The fourth-order valence-electron chi connectivity index (χ4n) is 3.35. The molecule has 2 aromatic carbocycles. The number of carbonyl (C=O) groups is 1. The molecule has 3 rings (SSSR count). The second-order valence-corrected chi connectivity index (χ2v) is 6.19. The van der Waals surface area contributed by atoms with Crippen molar-refractivity contribution >= 4 is 12.0 Å². The Hall–Kier alpha value is -2.89. The van der Waals surface area contributed by atoms with Gasteiger partial charge in [-0.25, -0.2) is 0 Å². The van der Waals surface area contributed by atoms with Crippen molar-refractivity contribution in [3.05, 3.63) is 65.7 Å². The molecule has 0 saturated carbocycles. The molecule has 6 heteroatoms. The summed E-state index contributed by atoms with van der Waals surface area (Å²) in [5, 5.41) is 0. The second-order valence-electron chi connectivity index (χ2n) is 6.19. The molecular weight excluding hydrogens is 352 g/mol. The van der Waals surface area contributed by atoms with Gasteiger partial charge in [0.2, 0.25) is 5.91 Å². The predicted molar refractivity (Wildman–Crippen MR) is 98.8 cm³/mol. The number of rotatable bonds is 6. The van der Waals surface area contributed by atoms with Gasteiger partial charge in [0.15, 0.2) is 11.5 Å². The van der Waals surface area contributed by atoms with E-state index in [9.17, 15) is 13.6 Å². The Bertz CT molecular complexity index is 808. The molecule has 1 aliphatic heterocycles. The summed E-state index contributed by atoms with van der Waals surface area (Å²) in [5.74, 6) is -0.0551. The molecule has 4 nitrogen and oxygen atoms in total. The van der Waals surface area contributed by atoms with Crippen molar-refractivity contribution in [1.29, 1.82) is 0 Å². The van der Waals surface area contributed by atoms with Crippen LogP contribution in [0.2, 0.25) is 0 Å². The van der Waals surface area contributed by atoms with Gasteiger partial charge in [-0.05, 0) is 30.5 Å². The number of ether oxygens (including phenoxy) is 2. The van der Waals surface area contributed by atoms with Crippen LogP contribution >= 0.6 is 0 Å². The topological polar surface area (TPSA) is 38.8 Å². The average molecular weight is 373 g/mol. The number of amides is 1. The Balaban J connectivity index is 1.80. The van der Waals surface area contributed by atoms with Gasteiger partial charge in [-0.15, -0.1) is 0 Å². The molecule has 1 fully saturated rings. The van der Waals surface area contributed by atoms with E-state index in [1.165, 1.54) is 25.3 Å². The van der Waals surface area contributed by atoms with Gasteiger partial charge in [0.1, 0.15) is 0 Å². The van der Waals surface area contributed by atoms with Crippen molar-refractivity contribution < 1.29 is 23.0 Å². The maximum atomic E-state index is 12.7. The van der Waals surface area contributed by atoms with Crippen LogP contribution in [0.5, 0.6) is 11.5 Å². The van der Waals surface area contributed by atoms with Crippen molar-refractivity contribution in [2.45, 2.75) is 25.5 Å². The third-order valence-electron chi connectivity index (χ3n) is 4.56. The lowest BCUT2D eigenvalue weighted by atomic mass is 10.0. The van der Waals surface area contributed by atoms with E-state index in [1.807, 2.05) is 30.3 Å². The number of para-hydroxylation sites is 1. The first-order valence-electron chi connectivity index (χ1n) is 8.75. The van der Waals surface area contributed by atoms with E-state index in [0.717, 1.165) is 18.4 Å². The van der Waals surface area contributed by atoms with Gasteiger partial charge in [-0.1, -0.05) is 42.5 Å². The number of halogens is 2. The van der Waals surface area contributed by atoms with Crippen LogP contribution in [0.15, 0.2) is 54.6 Å². The van der Waals surface area contributed by atoms with Gasteiger partial charge in [-0.3, -0.25) is 4.79 Å². The molecule has 27 heavy (non-hydrogen) atoms. The summed E-state index contributed by atoms with van der Waals surface area (Å²) in [6.07, 6.45) is 4.72. The summed E-state index contributed by atoms with van der Waals surface area (Å²) < 4.78 is 35.1. The highest BCUT2D eigenvalue weighted by atomic mass is 19.3. The number of carbonyl (C=O) groups excluding carboxylic acids is 1. The highest BCUT2D eigenvalue weighted by molar-refractivity contribution is 5.92. The molecule has 1 aliphatic rings. The Morgan fingerprint density at radius 1 is 1.19 bits per heavy atom. The quantitative estimate of drug-likeness (QED) is 0.691. The fraction of sp³-hybridized carbons (Fsp3) is 0.286. The number of benzene rings is 2. The van der Waals surface area contributed by atoms with Crippen LogP contribution in [0, 0.1) is 0 Å². The van der Waals surface area contributed by atoms with Gasteiger partial charge in [0.25, 0.3) is 0 Å². The van der Waals surface area contributed by atoms with E-state index < -0.39 is 6.61 Å². The lowest BCUT2D eigenvalue weighted by Crippen LogP contribution is -2.28. The maximum absolute atomic E-state index is 12.7. The van der Waals surface area contributed by atoms with E-state index in [-0.39, 0.29) is 23.4 Å². The van der Waals surface area contributed by atoms with E-state index in [0.29, 0.717) is 12.1 Å². The highest BCUT2D eigenvalue weighted by Gasteiger charge is 2.28. The van der Waals surface area contributed by atoms with Crippen molar-refractivity contribution in [3.63, 3.8) is 0 Å². The molecule has 0 aliphatic carbocycles. The van der Waals surface area contributed by atoms with Crippen LogP contribution in [0.1, 0.15) is 30.0 Å². The lowest BCUT2D eigenvalue weighted by Gasteiger charge is -2.23. The largest absolute Gasteiger partial charge is 0.493 e. The Labute approximate surface area is 157 Å². The molecule has 1 saturated heterocycles. The van der Waals surface area contributed by atoms with E-state index in [4.69, 9.17) is 4.74 Å². The molecular formula is C21H21F2NO3. The number of nitrogens with zero attached hydrogens (tertiary/aromatic N) is 1. The number of methoxy groups -OCH3 is 1. The monoisotopic (exact) mass is 373 g/mol. The van der Waals surface area contributed by atoms with Crippen LogP contribution in [0.4, 0.5) is 8.78 Å². The van der Waals surface area contributed by atoms with Gasteiger partial charge in [-0.2, -0.15) is 8.78 Å². The van der Waals surface area contributed by atoms with Gasteiger partial charge in [0.05, 0.1) is 13.2 Å². The minimum Gasteiger partial charge on any atom is -0.493 e. The molecule has 0 spiro atoms. The third-order valence-corrected chi connectivity index (χ3v) is 4.56. The first-order valence-corrected chi connectivity index (χ1v) is 8.75. The number of likely N-dealkylation sites (tertiary alicyclic amines) is 1. The summed E-state index contributed by atoms with van der Waals surface area (Å²) in [7, 11) is 1.38. The van der Waals surface area contributed by atoms with Crippen molar-refractivity contribution in [2.24, 2.45) is 0 Å². The van der Waals surface area contributed by atoms with Gasteiger partial charge in [0, 0.05) is 18.2 Å². The molecule has 2 aromatic rings. The molecule has 0 N–H and O–H groups in total. The molecule has 1 amide bonds. The highest BCUT2D eigenvalue weighted by Crippen LogP contribution is 2.34. The maximum Gasteiger partial charge on any atom is 0.387 e. The van der Waals surface area contributed by atoms with Crippen LogP contribution < -0.4 is 9.47 Å². The summed E-state index contributed by atoms with van der Waals surface area (Å²) >= 11 is 0. The third kappa shape index (κ3) is 4.45. The Kier molecular flexibility index (Phi) is 6.06. The zero-order valence-corrected chi connectivity index (χ0v) is 15.0. The smallest absolute Gasteiger partial charge is 0.387 e. The predicted octanol–water partition coefficient (Wildman–Crippen LogP) is 4.67. The molecule has 0 radical (unpaired) electrons. The molecule has 0 bridgehead atoms. The fourth-order valence-corrected chi connectivity index (χ4v) is 3.35. The minimum absolute atomic E-state index is 0.0328. The lowest BCUT2D eigenvalue weighted by molar-refractivity contribution is -0.126. The number of hydrogen-bond acceptors (Lipinski definition) is 3. The van der Waals surface area contributed by atoms with Gasteiger partial charge < -0.3 is 14.4 Å². The average Bonchev–Trinajstić information content (AvgIpc) is 3.17. The van der Waals surface area contributed by atoms with Crippen LogP contribution in [-0.4, -0.2) is 31.1 Å². The Morgan fingerprint density at radius 2 is 1.96 bits per heavy atom. The summed E-state index contributed by atoms with van der Waals surface area (Å²) in [6, 6.07) is 14.7. The van der Waals surface area contributed by atoms with Crippen LogP contribution in [0.3, 0.4) is 0 Å². The van der Waals surface area contributed by atoms with E-state index in [2.05, 4.69) is 4.74 Å². The second kappa shape index (κ2) is 8.66. The number of hydrogen-bond donors (Lipinski definition) is 0. The van der Waals surface area contributed by atoms with Crippen molar-refractivity contribution in [2.75, 3.05) is 13.7 Å². The molecule has 142 valence electrons. The molecule has 0 aromatic heterocycles. The van der Waals surface area contributed by atoms with Crippen LogP contribution in [0.25, 0.3) is 6.08 Å². The number of alkyl halides is 2. The Morgan fingerprint density at radius 3 is 2.67 bits per heavy atom. The standard InChI is InChI=1S/C21H21F2NO3/c1-26-18-11-5-9-16(20(18)27-21(22)23)12-13-19(25)24-14-6-10-17(24)15-7-3-2-4-8-15/h2-5,7-9,11-13,17,21H,6,10,14H2,1H3/b13-12+/t17-/m0/s1. The van der Waals surface area contributed by atoms with Crippen molar-refractivity contribution in [1.82, 2.24) is 4.90 Å². The normalized spacial score (nSPS) is 16.9. The zero-order valence-electron chi connectivity index (χ0n) is 15.0. The summed E-state index contributed by atoms with van der Waals surface area (Å²) in [4.78, 5) is 14.5. The molecule has 1 atom stereocenters. The van der Waals surface area contributed by atoms with Crippen LogP contribution in [-0.2, 0) is 4.79 Å². The van der Waals surface area contributed by atoms with Crippen molar-refractivity contribution in [3.8, 4) is 11.5 Å². The van der Waals surface area contributed by atoms with E-state index in [1.54, 1.807) is 17.0 Å². The zero-order chi connectivity index (χ0) is 19.2. The summed E-state index contributed by atoms with van der Waals surface area (Å²) in [6.45, 7) is -2.31. The first-order chi connectivity index (χ1) is 13.1.